The zero-order chi connectivity index (χ0) is 12.3. The van der Waals surface area contributed by atoms with Gasteiger partial charge in [-0.3, -0.25) is 0 Å². The van der Waals surface area contributed by atoms with Crippen LogP contribution in [0, 0.1) is 11.3 Å². The van der Waals surface area contributed by atoms with Crippen molar-refractivity contribution in [2.75, 3.05) is 7.11 Å². The lowest BCUT2D eigenvalue weighted by Gasteiger charge is -2.17. The molecule has 0 N–H and O–H groups in total. The summed E-state index contributed by atoms with van der Waals surface area (Å²) in [6.45, 7) is 0. The minimum absolute atomic E-state index is 0.175. The van der Waals surface area contributed by atoms with Gasteiger partial charge in [-0.25, -0.2) is 0 Å². The van der Waals surface area contributed by atoms with E-state index in [2.05, 4.69) is 6.07 Å². The molecule has 0 aromatic heterocycles. The molecule has 0 saturated heterocycles. The van der Waals surface area contributed by atoms with E-state index in [1.165, 1.54) is 12.8 Å². The first-order valence-corrected chi connectivity index (χ1v) is 6.07. The Balaban J connectivity index is 2.34. The number of ether oxygens (including phenoxy) is 2. The summed E-state index contributed by atoms with van der Waals surface area (Å²) in [4.78, 5) is 0. The van der Waals surface area contributed by atoms with Crippen LogP contribution in [0.2, 0.25) is 5.02 Å². The van der Waals surface area contributed by atoms with Gasteiger partial charge in [0, 0.05) is 0 Å². The standard InChI is InChI=1S/C13H14ClNO2/c1-16-12-7-6-11(14)10(8-15)13(12)17-9-4-2-3-5-9/h6-7,9H,2-5H2,1H3. The normalized spacial score (nSPS) is 15.6. The van der Waals surface area contributed by atoms with Crippen molar-refractivity contribution in [3.8, 4) is 17.6 Å². The summed E-state index contributed by atoms with van der Waals surface area (Å²) in [5.74, 6) is 1.05. The lowest BCUT2D eigenvalue weighted by Crippen LogP contribution is -2.12. The van der Waals surface area contributed by atoms with Crippen molar-refractivity contribution in [2.45, 2.75) is 31.8 Å². The summed E-state index contributed by atoms with van der Waals surface area (Å²) in [7, 11) is 1.56. The topological polar surface area (TPSA) is 42.2 Å². The summed E-state index contributed by atoms with van der Waals surface area (Å²) in [6, 6.07) is 5.46. The van der Waals surface area contributed by atoms with E-state index in [9.17, 15) is 0 Å². The highest BCUT2D eigenvalue weighted by molar-refractivity contribution is 6.32. The SMILES string of the molecule is COc1ccc(Cl)c(C#N)c1OC1CCCC1. The largest absolute Gasteiger partial charge is 0.493 e. The van der Waals surface area contributed by atoms with E-state index in [4.69, 9.17) is 26.3 Å². The molecule has 0 radical (unpaired) electrons. The van der Waals surface area contributed by atoms with E-state index in [1.54, 1.807) is 19.2 Å². The molecule has 1 aromatic carbocycles. The molecule has 0 heterocycles. The third-order valence-corrected chi connectivity index (χ3v) is 3.30. The highest BCUT2D eigenvalue weighted by Crippen LogP contribution is 2.37. The summed E-state index contributed by atoms with van der Waals surface area (Å²) in [5, 5.41) is 9.53. The molecule has 4 heteroatoms. The minimum Gasteiger partial charge on any atom is -0.493 e. The number of rotatable bonds is 3. The average Bonchev–Trinajstić information content (AvgIpc) is 2.83. The van der Waals surface area contributed by atoms with Gasteiger partial charge in [0.25, 0.3) is 0 Å². The van der Waals surface area contributed by atoms with Crippen LogP contribution < -0.4 is 9.47 Å². The zero-order valence-electron chi connectivity index (χ0n) is 9.70. The summed E-state index contributed by atoms with van der Waals surface area (Å²) in [6.07, 6.45) is 4.58. The van der Waals surface area contributed by atoms with Crippen LogP contribution in [0.5, 0.6) is 11.5 Å². The smallest absolute Gasteiger partial charge is 0.180 e. The first-order valence-electron chi connectivity index (χ1n) is 5.69. The summed E-state index contributed by atoms with van der Waals surface area (Å²) < 4.78 is 11.1. The Bertz CT molecular complexity index is 447. The molecule has 0 bridgehead atoms. The molecule has 1 aliphatic carbocycles. The van der Waals surface area contributed by atoms with Gasteiger partial charge in [0.1, 0.15) is 11.6 Å². The van der Waals surface area contributed by atoms with E-state index in [-0.39, 0.29) is 6.10 Å². The molecule has 1 fully saturated rings. The average molecular weight is 252 g/mol. The van der Waals surface area contributed by atoms with Gasteiger partial charge in [-0.2, -0.15) is 5.26 Å². The van der Waals surface area contributed by atoms with Crippen molar-refractivity contribution in [3.63, 3.8) is 0 Å². The van der Waals surface area contributed by atoms with E-state index in [0.29, 0.717) is 22.1 Å². The van der Waals surface area contributed by atoms with Crippen molar-refractivity contribution in [1.82, 2.24) is 0 Å². The fourth-order valence-electron chi connectivity index (χ4n) is 2.09. The molecular weight excluding hydrogens is 238 g/mol. The molecule has 0 spiro atoms. The number of halogens is 1. The molecule has 3 nitrogen and oxygen atoms in total. The first kappa shape index (κ1) is 12.1. The highest BCUT2D eigenvalue weighted by Gasteiger charge is 2.22. The van der Waals surface area contributed by atoms with Crippen molar-refractivity contribution in [3.05, 3.63) is 22.7 Å². The van der Waals surface area contributed by atoms with Gasteiger partial charge in [-0.1, -0.05) is 11.6 Å². The number of hydrogen-bond donors (Lipinski definition) is 0. The predicted octanol–water partition coefficient (Wildman–Crippen LogP) is 3.54. The number of benzene rings is 1. The number of methoxy groups -OCH3 is 1. The monoisotopic (exact) mass is 251 g/mol. The van der Waals surface area contributed by atoms with Gasteiger partial charge in [0.2, 0.25) is 0 Å². The molecule has 1 saturated carbocycles. The van der Waals surface area contributed by atoms with Crippen molar-refractivity contribution in [2.24, 2.45) is 0 Å². The number of nitriles is 1. The Morgan fingerprint density at radius 2 is 2.06 bits per heavy atom. The van der Waals surface area contributed by atoms with Crippen LogP contribution in [-0.4, -0.2) is 13.2 Å². The third-order valence-electron chi connectivity index (χ3n) is 2.99. The Labute approximate surface area is 106 Å². The molecule has 1 aromatic rings. The lowest BCUT2D eigenvalue weighted by atomic mass is 10.2. The molecule has 1 aliphatic rings. The Morgan fingerprint density at radius 3 is 2.65 bits per heavy atom. The van der Waals surface area contributed by atoms with Gasteiger partial charge in [0.15, 0.2) is 11.5 Å². The van der Waals surface area contributed by atoms with Gasteiger partial charge >= 0.3 is 0 Å². The van der Waals surface area contributed by atoms with Crippen molar-refractivity contribution in [1.29, 1.82) is 5.26 Å². The predicted molar refractivity (Wildman–Crippen MR) is 65.6 cm³/mol. The van der Waals surface area contributed by atoms with Crippen LogP contribution in [0.15, 0.2) is 12.1 Å². The maximum absolute atomic E-state index is 9.12. The fourth-order valence-corrected chi connectivity index (χ4v) is 2.29. The van der Waals surface area contributed by atoms with Gasteiger partial charge < -0.3 is 9.47 Å². The summed E-state index contributed by atoms with van der Waals surface area (Å²) in [5.41, 5.74) is 0.359. The molecule has 17 heavy (non-hydrogen) atoms. The van der Waals surface area contributed by atoms with Crippen LogP contribution in [0.3, 0.4) is 0 Å². The van der Waals surface area contributed by atoms with Gasteiger partial charge in [-0.05, 0) is 37.8 Å². The van der Waals surface area contributed by atoms with Crippen molar-refractivity contribution < 1.29 is 9.47 Å². The Kier molecular flexibility index (Phi) is 3.75. The maximum Gasteiger partial charge on any atom is 0.180 e. The molecule has 0 unspecified atom stereocenters. The van der Waals surface area contributed by atoms with Gasteiger partial charge in [0.05, 0.1) is 18.2 Å². The first-order chi connectivity index (χ1) is 8.26. The van der Waals surface area contributed by atoms with Crippen LogP contribution in [-0.2, 0) is 0 Å². The van der Waals surface area contributed by atoms with Gasteiger partial charge in [-0.15, -0.1) is 0 Å². The minimum atomic E-state index is 0.175. The third kappa shape index (κ3) is 2.48. The second kappa shape index (κ2) is 5.29. The molecule has 0 aliphatic heterocycles. The zero-order valence-corrected chi connectivity index (χ0v) is 10.5. The van der Waals surface area contributed by atoms with E-state index in [0.717, 1.165) is 12.8 Å². The summed E-state index contributed by atoms with van der Waals surface area (Å²) >= 11 is 5.99. The Hall–Kier alpha value is -1.40. The van der Waals surface area contributed by atoms with Crippen molar-refractivity contribution >= 4 is 11.6 Å². The van der Waals surface area contributed by atoms with Crippen LogP contribution in [0.25, 0.3) is 0 Å². The second-order valence-electron chi connectivity index (χ2n) is 4.09. The molecule has 0 amide bonds. The fraction of sp³-hybridized carbons (Fsp3) is 0.462. The van der Waals surface area contributed by atoms with Crippen LogP contribution in [0.4, 0.5) is 0 Å². The molecular formula is C13H14ClNO2. The maximum atomic E-state index is 9.12. The second-order valence-corrected chi connectivity index (χ2v) is 4.50. The number of nitrogens with zero attached hydrogens (tertiary/aromatic N) is 1. The van der Waals surface area contributed by atoms with Crippen LogP contribution in [0.1, 0.15) is 31.2 Å². The molecule has 0 atom stereocenters. The molecule has 2 rings (SSSR count). The Morgan fingerprint density at radius 1 is 1.35 bits per heavy atom. The highest BCUT2D eigenvalue weighted by atomic mass is 35.5. The van der Waals surface area contributed by atoms with E-state index < -0.39 is 0 Å². The van der Waals surface area contributed by atoms with E-state index >= 15 is 0 Å². The number of hydrogen-bond acceptors (Lipinski definition) is 3. The lowest BCUT2D eigenvalue weighted by molar-refractivity contribution is 0.200. The van der Waals surface area contributed by atoms with Crippen LogP contribution >= 0.6 is 11.6 Å². The molecule has 90 valence electrons. The van der Waals surface area contributed by atoms with E-state index in [1.807, 2.05) is 0 Å². The quantitative estimate of drug-likeness (QED) is 0.825.